The summed E-state index contributed by atoms with van der Waals surface area (Å²) < 4.78 is 32.3. The number of ether oxygens (including phenoxy) is 1. The van der Waals surface area contributed by atoms with Crippen molar-refractivity contribution in [1.82, 2.24) is 4.72 Å². The zero-order valence-electron chi connectivity index (χ0n) is 11.4. The van der Waals surface area contributed by atoms with Crippen molar-refractivity contribution in [3.05, 3.63) is 18.2 Å². The van der Waals surface area contributed by atoms with E-state index in [0.29, 0.717) is 37.1 Å². The lowest BCUT2D eigenvalue weighted by Gasteiger charge is -2.26. The fourth-order valence-corrected chi connectivity index (χ4v) is 3.66. The third kappa shape index (κ3) is 3.41. The maximum atomic E-state index is 12.3. The quantitative estimate of drug-likeness (QED) is 0.716. The first kappa shape index (κ1) is 15.1. The number of sulfonamides is 1. The zero-order chi connectivity index (χ0) is 14.8. The van der Waals surface area contributed by atoms with E-state index in [1.54, 1.807) is 0 Å². The molecule has 0 bridgehead atoms. The van der Waals surface area contributed by atoms with Gasteiger partial charge in [-0.05, 0) is 37.8 Å². The van der Waals surface area contributed by atoms with Crippen LogP contribution in [-0.2, 0) is 10.0 Å². The molecule has 0 heterocycles. The number of hydrogen-bond acceptors (Lipinski definition) is 5. The summed E-state index contributed by atoms with van der Waals surface area (Å²) in [5.41, 5.74) is 6.07. The molecule has 0 unspecified atom stereocenters. The number of methoxy groups -OCH3 is 1. The first-order valence-electron chi connectivity index (χ1n) is 6.56. The Morgan fingerprint density at radius 3 is 2.55 bits per heavy atom. The SMILES string of the molecule is COc1cc(S(=O)(=O)NC2CCC(O)CC2)ccc1N. The van der Waals surface area contributed by atoms with Crippen LogP contribution in [0.5, 0.6) is 5.75 Å². The predicted molar refractivity (Wildman–Crippen MR) is 76.0 cm³/mol. The van der Waals surface area contributed by atoms with Crippen LogP contribution in [0.4, 0.5) is 5.69 Å². The van der Waals surface area contributed by atoms with Crippen molar-refractivity contribution >= 4 is 15.7 Å². The third-order valence-electron chi connectivity index (χ3n) is 3.53. The van der Waals surface area contributed by atoms with Crippen molar-refractivity contribution in [3.8, 4) is 5.75 Å². The molecule has 1 aromatic carbocycles. The number of aliphatic hydroxyl groups excluding tert-OH is 1. The summed E-state index contributed by atoms with van der Waals surface area (Å²) >= 11 is 0. The van der Waals surface area contributed by atoms with Gasteiger partial charge in [-0.1, -0.05) is 0 Å². The zero-order valence-corrected chi connectivity index (χ0v) is 12.2. The maximum absolute atomic E-state index is 12.3. The summed E-state index contributed by atoms with van der Waals surface area (Å²) in [6.07, 6.45) is 2.22. The Balaban J connectivity index is 2.14. The number of nitrogen functional groups attached to an aromatic ring is 1. The molecule has 2 rings (SSSR count). The van der Waals surface area contributed by atoms with Crippen LogP contribution in [-0.4, -0.2) is 32.8 Å². The molecule has 0 spiro atoms. The number of aliphatic hydroxyl groups is 1. The Labute approximate surface area is 119 Å². The summed E-state index contributed by atoms with van der Waals surface area (Å²) in [6, 6.07) is 4.25. The van der Waals surface area contributed by atoms with Crippen LogP contribution >= 0.6 is 0 Å². The van der Waals surface area contributed by atoms with Crippen LogP contribution in [0.25, 0.3) is 0 Å². The molecule has 0 aliphatic heterocycles. The average Bonchev–Trinajstić information content (AvgIpc) is 2.41. The van der Waals surface area contributed by atoms with E-state index in [-0.39, 0.29) is 17.0 Å². The van der Waals surface area contributed by atoms with Gasteiger partial charge < -0.3 is 15.6 Å². The van der Waals surface area contributed by atoms with Crippen molar-refractivity contribution in [3.63, 3.8) is 0 Å². The van der Waals surface area contributed by atoms with Crippen LogP contribution in [0.15, 0.2) is 23.1 Å². The highest BCUT2D eigenvalue weighted by Crippen LogP contribution is 2.26. The molecule has 0 radical (unpaired) electrons. The normalized spacial score (nSPS) is 23.5. The predicted octanol–water partition coefficient (Wildman–Crippen LogP) is 0.859. The van der Waals surface area contributed by atoms with E-state index in [4.69, 9.17) is 10.5 Å². The van der Waals surface area contributed by atoms with Gasteiger partial charge in [-0.25, -0.2) is 13.1 Å². The summed E-state index contributed by atoms with van der Waals surface area (Å²) in [7, 11) is -2.15. The lowest BCUT2D eigenvalue weighted by atomic mass is 9.94. The van der Waals surface area contributed by atoms with E-state index in [1.165, 1.54) is 25.3 Å². The van der Waals surface area contributed by atoms with Crippen LogP contribution in [0.1, 0.15) is 25.7 Å². The molecule has 0 amide bonds. The van der Waals surface area contributed by atoms with Gasteiger partial charge >= 0.3 is 0 Å². The van der Waals surface area contributed by atoms with Gasteiger partial charge in [0.1, 0.15) is 5.75 Å². The second-order valence-corrected chi connectivity index (χ2v) is 6.74. The minimum atomic E-state index is -3.59. The number of nitrogens with one attached hydrogen (secondary N) is 1. The van der Waals surface area contributed by atoms with E-state index in [9.17, 15) is 13.5 Å². The summed E-state index contributed by atoms with van der Waals surface area (Å²) in [4.78, 5) is 0.134. The largest absolute Gasteiger partial charge is 0.495 e. The van der Waals surface area contributed by atoms with Crippen molar-refractivity contribution in [2.75, 3.05) is 12.8 Å². The Morgan fingerprint density at radius 1 is 1.30 bits per heavy atom. The molecule has 4 N–H and O–H groups in total. The van der Waals surface area contributed by atoms with Gasteiger partial charge in [-0.3, -0.25) is 0 Å². The first-order chi connectivity index (χ1) is 9.42. The second-order valence-electron chi connectivity index (χ2n) is 5.03. The number of rotatable bonds is 4. The monoisotopic (exact) mass is 300 g/mol. The summed E-state index contributed by atoms with van der Waals surface area (Å²) in [5.74, 6) is 0.340. The fourth-order valence-electron chi connectivity index (χ4n) is 2.34. The number of benzene rings is 1. The summed E-state index contributed by atoms with van der Waals surface area (Å²) in [6.45, 7) is 0. The molecule has 6 nitrogen and oxygen atoms in total. The number of hydrogen-bond donors (Lipinski definition) is 3. The van der Waals surface area contributed by atoms with Gasteiger partial charge in [-0.15, -0.1) is 0 Å². The molecule has 7 heteroatoms. The van der Waals surface area contributed by atoms with Crippen molar-refractivity contribution in [1.29, 1.82) is 0 Å². The number of nitrogens with two attached hydrogens (primary N) is 1. The highest BCUT2D eigenvalue weighted by atomic mass is 32.2. The highest BCUT2D eigenvalue weighted by Gasteiger charge is 2.25. The second kappa shape index (κ2) is 5.99. The van der Waals surface area contributed by atoms with Crippen molar-refractivity contribution in [2.45, 2.75) is 42.7 Å². The molecule has 1 aliphatic carbocycles. The fraction of sp³-hybridized carbons (Fsp3) is 0.538. The van der Waals surface area contributed by atoms with Gasteiger partial charge in [0, 0.05) is 12.1 Å². The molecule has 0 aromatic heterocycles. The van der Waals surface area contributed by atoms with E-state index in [1.807, 2.05) is 0 Å². The van der Waals surface area contributed by atoms with Crippen molar-refractivity contribution < 1.29 is 18.3 Å². The molecule has 0 saturated heterocycles. The molecule has 0 atom stereocenters. The number of anilines is 1. The van der Waals surface area contributed by atoms with Gasteiger partial charge in [0.2, 0.25) is 10.0 Å². The van der Waals surface area contributed by atoms with E-state index in [0.717, 1.165) is 0 Å². The standard InChI is InChI=1S/C13H20N2O4S/c1-19-13-8-11(6-7-12(13)14)20(17,18)15-9-2-4-10(16)5-3-9/h6-10,15-16H,2-5,14H2,1H3. The lowest BCUT2D eigenvalue weighted by molar-refractivity contribution is 0.120. The molecule has 1 aromatic rings. The molecular formula is C13H20N2O4S. The molecule has 20 heavy (non-hydrogen) atoms. The van der Waals surface area contributed by atoms with E-state index < -0.39 is 10.0 Å². The molecule has 1 fully saturated rings. The first-order valence-corrected chi connectivity index (χ1v) is 8.04. The molecule has 112 valence electrons. The van der Waals surface area contributed by atoms with Gasteiger partial charge in [-0.2, -0.15) is 0 Å². The minimum absolute atomic E-state index is 0.132. The maximum Gasteiger partial charge on any atom is 0.240 e. The van der Waals surface area contributed by atoms with E-state index >= 15 is 0 Å². The molecular weight excluding hydrogens is 280 g/mol. The Morgan fingerprint density at radius 2 is 1.95 bits per heavy atom. The van der Waals surface area contributed by atoms with E-state index in [2.05, 4.69) is 4.72 Å². The van der Waals surface area contributed by atoms with Crippen LogP contribution in [0.2, 0.25) is 0 Å². The minimum Gasteiger partial charge on any atom is -0.495 e. The van der Waals surface area contributed by atoms with Crippen LogP contribution in [0, 0.1) is 0 Å². The van der Waals surface area contributed by atoms with Gasteiger partial charge in [0.25, 0.3) is 0 Å². The molecule has 1 saturated carbocycles. The van der Waals surface area contributed by atoms with Gasteiger partial charge in [0.05, 0.1) is 23.8 Å². The average molecular weight is 300 g/mol. The topological polar surface area (TPSA) is 102 Å². The van der Waals surface area contributed by atoms with Gasteiger partial charge in [0.15, 0.2) is 0 Å². The lowest BCUT2D eigenvalue weighted by Crippen LogP contribution is -2.38. The molecule has 1 aliphatic rings. The third-order valence-corrected chi connectivity index (χ3v) is 5.05. The Bertz CT molecular complexity index is 566. The Hall–Kier alpha value is -1.31. The smallest absolute Gasteiger partial charge is 0.240 e. The van der Waals surface area contributed by atoms with Crippen molar-refractivity contribution in [2.24, 2.45) is 0 Å². The highest BCUT2D eigenvalue weighted by molar-refractivity contribution is 7.89. The Kier molecular flexibility index (Phi) is 4.52. The summed E-state index contributed by atoms with van der Waals surface area (Å²) in [5, 5.41) is 9.43. The van der Waals surface area contributed by atoms with Crippen LogP contribution < -0.4 is 15.2 Å². The van der Waals surface area contributed by atoms with Crippen LogP contribution in [0.3, 0.4) is 0 Å².